The fraction of sp³-hybridized carbons (Fsp3) is 0.667. The first-order valence-corrected chi connectivity index (χ1v) is 8.17. The van der Waals surface area contributed by atoms with Crippen molar-refractivity contribution in [2.24, 2.45) is 0 Å². The smallest absolute Gasteiger partial charge is 0.0692 e. The standard InChI is InChI=1S/C18H29NO/c1-4-15-9-7-8-10-16(15)14-19-17-11-12-20-18(5-2,6-3)13-17/h7-10,17,19H,4-6,11-14H2,1-3H3. The lowest BCUT2D eigenvalue weighted by molar-refractivity contribution is -0.0932. The van der Waals surface area contributed by atoms with Gasteiger partial charge in [-0.3, -0.25) is 0 Å². The van der Waals surface area contributed by atoms with Crippen molar-refractivity contribution in [2.45, 2.75) is 71.1 Å². The Morgan fingerprint density at radius 3 is 2.50 bits per heavy atom. The molecule has 1 N–H and O–H groups in total. The van der Waals surface area contributed by atoms with Crippen LogP contribution in [0, 0.1) is 0 Å². The fourth-order valence-corrected chi connectivity index (χ4v) is 3.27. The number of ether oxygens (including phenoxy) is 1. The Bertz CT molecular complexity index is 412. The third kappa shape index (κ3) is 3.62. The van der Waals surface area contributed by atoms with Gasteiger partial charge in [0.2, 0.25) is 0 Å². The Hall–Kier alpha value is -0.860. The highest BCUT2D eigenvalue weighted by molar-refractivity contribution is 5.26. The highest BCUT2D eigenvalue weighted by Crippen LogP contribution is 2.31. The van der Waals surface area contributed by atoms with Crippen molar-refractivity contribution in [3.63, 3.8) is 0 Å². The number of aryl methyl sites for hydroxylation is 1. The van der Waals surface area contributed by atoms with Crippen LogP contribution in [0.2, 0.25) is 0 Å². The SMILES string of the molecule is CCc1ccccc1CNC1CCOC(CC)(CC)C1. The Kier molecular flexibility index (Phi) is 5.62. The van der Waals surface area contributed by atoms with Gasteiger partial charge >= 0.3 is 0 Å². The molecule has 1 fully saturated rings. The van der Waals surface area contributed by atoms with Crippen molar-refractivity contribution >= 4 is 0 Å². The third-order valence-electron chi connectivity index (χ3n) is 4.86. The molecular weight excluding hydrogens is 246 g/mol. The van der Waals surface area contributed by atoms with E-state index in [-0.39, 0.29) is 5.60 Å². The van der Waals surface area contributed by atoms with Crippen molar-refractivity contribution in [2.75, 3.05) is 6.61 Å². The van der Waals surface area contributed by atoms with Crippen molar-refractivity contribution in [3.8, 4) is 0 Å². The second-order valence-electron chi connectivity index (χ2n) is 5.93. The molecule has 2 nitrogen and oxygen atoms in total. The Morgan fingerprint density at radius 2 is 1.85 bits per heavy atom. The van der Waals surface area contributed by atoms with Crippen LogP contribution in [0.3, 0.4) is 0 Å². The van der Waals surface area contributed by atoms with Crippen LogP contribution in [-0.4, -0.2) is 18.2 Å². The van der Waals surface area contributed by atoms with Gasteiger partial charge in [-0.2, -0.15) is 0 Å². The quantitative estimate of drug-likeness (QED) is 0.844. The third-order valence-corrected chi connectivity index (χ3v) is 4.86. The molecule has 0 aromatic heterocycles. The predicted octanol–water partition coefficient (Wildman–Crippen LogP) is 4.08. The molecule has 2 rings (SSSR count). The van der Waals surface area contributed by atoms with E-state index in [0.29, 0.717) is 6.04 Å². The van der Waals surface area contributed by atoms with E-state index in [1.165, 1.54) is 11.1 Å². The predicted molar refractivity (Wildman–Crippen MR) is 84.9 cm³/mol. The number of benzene rings is 1. The van der Waals surface area contributed by atoms with Gasteiger partial charge in [-0.05, 0) is 43.2 Å². The molecule has 0 aliphatic carbocycles. The number of rotatable bonds is 6. The first-order chi connectivity index (χ1) is 9.73. The monoisotopic (exact) mass is 275 g/mol. The van der Waals surface area contributed by atoms with Crippen LogP contribution in [0.4, 0.5) is 0 Å². The van der Waals surface area contributed by atoms with E-state index in [0.717, 1.165) is 45.3 Å². The van der Waals surface area contributed by atoms with E-state index in [2.05, 4.69) is 50.4 Å². The van der Waals surface area contributed by atoms with Gasteiger partial charge in [-0.25, -0.2) is 0 Å². The van der Waals surface area contributed by atoms with Gasteiger partial charge in [0.05, 0.1) is 5.60 Å². The summed E-state index contributed by atoms with van der Waals surface area (Å²) in [5, 5.41) is 3.76. The van der Waals surface area contributed by atoms with Gasteiger partial charge in [0.25, 0.3) is 0 Å². The normalized spacial score (nSPS) is 21.9. The first kappa shape index (κ1) is 15.5. The maximum Gasteiger partial charge on any atom is 0.0692 e. The molecule has 0 amide bonds. The molecular formula is C18H29NO. The molecule has 0 saturated carbocycles. The summed E-state index contributed by atoms with van der Waals surface area (Å²) in [7, 11) is 0. The average Bonchev–Trinajstić information content (AvgIpc) is 2.53. The molecule has 1 aliphatic heterocycles. The molecule has 1 aliphatic rings. The first-order valence-electron chi connectivity index (χ1n) is 8.17. The number of hydrogen-bond donors (Lipinski definition) is 1. The van der Waals surface area contributed by atoms with E-state index in [9.17, 15) is 0 Å². The summed E-state index contributed by atoms with van der Waals surface area (Å²) in [6.45, 7) is 8.61. The molecule has 112 valence electrons. The van der Waals surface area contributed by atoms with Gasteiger partial charge < -0.3 is 10.1 Å². The highest BCUT2D eigenvalue weighted by Gasteiger charge is 2.34. The van der Waals surface area contributed by atoms with E-state index in [1.807, 2.05) is 0 Å². The zero-order chi connectivity index (χ0) is 14.4. The van der Waals surface area contributed by atoms with Crippen LogP contribution < -0.4 is 5.32 Å². The molecule has 0 radical (unpaired) electrons. The Labute approximate surface area is 123 Å². The van der Waals surface area contributed by atoms with Crippen LogP contribution in [0.5, 0.6) is 0 Å². The van der Waals surface area contributed by atoms with Gasteiger partial charge in [0.1, 0.15) is 0 Å². The average molecular weight is 275 g/mol. The van der Waals surface area contributed by atoms with Crippen molar-refractivity contribution in [3.05, 3.63) is 35.4 Å². The number of nitrogens with one attached hydrogen (secondary N) is 1. The van der Waals surface area contributed by atoms with E-state index >= 15 is 0 Å². The zero-order valence-corrected chi connectivity index (χ0v) is 13.2. The lowest BCUT2D eigenvalue weighted by Crippen LogP contribution is -2.46. The minimum atomic E-state index is 0.111. The molecule has 0 spiro atoms. The maximum absolute atomic E-state index is 6.05. The molecule has 20 heavy (non-hydrogen) atoms. The summed E-state index contributed by atoms with van der Waals surface area (Å²) in [5.41, 5.74) is 3.02. The van der Waals surface area contributed by atoms with Crippen LogP contribution in [-0.2, 0) is 17.7 Å². The summed E-state index contributed by atoms with van der Waals surface area (Å²) in [5.74, 6) is 0. The van der Waals surface area contributed by atoms with Gasteiger partial charge in [-0.1, -0.05) is 45.0 Å². The van der Waals surface area contributed by atoms with Crippen LogP contribution in [0.1, 0.15) is 57.6 Å². The Morgan fingerprint density at radius 1 is 1.15 bits per heavy atom. The van der Waals surface area contributed by atoms with Crippen LogP contribution in [0.25, 0.3) is 0 Å². The summed E-state index contributed by atoms with van der Waals surface area (Å²) in [4.78, 5) is 0. The summed E-state index contributed by atoms with van der Waals surface area (Å²) in [6.07, 6.45) is 5.63. The van der Waals surface area contributed by atoms with Crippen LogP contribution >= 0.6 is 0 Å². The van der Waals surface area contributed by atoms with Gasteiger partial charge in [0, 0.05) is 19.2 Å². The summed E-state index contributed by atoms with van der Waals surface area (Å²) < 4.78 is 6.05. The van der Waals surface area contributed by atoms with Gasteiger partial charge in [0.15, 0.2) is 0 Å². The minimum absolute atomic E-state index is 0.111. The Balaban J connectivity index is 1.93. The number of hydrogen-bond acceptors (Lipinski definition) is 2. The lowest BCUT2D eigenvalue weighted by Gasteiger charge is -2.40. The molecule has 1 unspecified atom stereocenters. The maximum atomic E-state index is 6.05. The van der Waals surface area contributed by atoms with E-state index in [1.54, 1.807) is 0 Å². The van der Waals surface area contributed by atoms with E-state index in [4.69, 9.17) is 4.74 Å². The van der Waals surface area contributed by atoms with Gasteiger partial charge in [-0.15, -0.1) is 0 Å². The van der Waals surface area contributed by atoms with Crippen molar-refractivity contribution in [1.29, 1.82) is 0 Å². The summed E-state index contributed by atoms with van der Waals surface area (Å²) >= 11 is 0. The molecule has 1 atom stereocenters. The molecule has 2 heteroatoms. The van der Waals surface area contributed by atoms with Crippen LogP contribution in [0.15, 0.2) is 24.3 Å². The molecule has 1 aromatic rings. The molecule has 0 bridgehead atoms. The second kappa shape index (κ2) is 7.24. The largest absolute Gasteiger partial charge is 0.375 e. The van der Waals surface area contributed by atoms with Crippen molar-refractivity contribution < 1.29 is 4.74 Å². The lowest BCUT2D eigenvalue weighted by atomic mass is 9.86. The van der Waals surface area contributed by atoms with Crippen molar-refractivity contribution in [1.82, 2.24) is 5.32 Å². The second-order valence-corrected chi connectivity index (χ2v) is 5.93. The fourth-order valence-electron chi connectivity index (χ4n) is 3.27. The summed E-state index contributed by atoms with van der Waals surface area (Å²) in [6, 6.07) is 9.36. The minimum Gasteiger partial charge on any atom is -0.375 e. The topological polar surface area (TPSA) is 21.3 Å². The van der Waals surface area contributed by atoms with E-state index < -0.39 is 0 Å². The molecule has 1 heterocycles. The zero-order valence-electron chi connectivity index (χ0n) is 13.2. The highest BCUT2D eigenvalue weighted by atomic mass is 16.5. The molecule has 1 saturated heterocycles. The molecule has 1 aromatic carbocycles.